The largest absolute Gasteiger partial charge is 0.493 e. The Balaban J connectivity index is 2.25. The summed E-state index contributed by atoms with van der Waals surface area (Å²) < 4.78 is 10.8. The molecule has 0 aliphatic heterocycles. The van der Waals surface area contributed by atoms with Gasteiger partial charge in [0.2, 0.25) is 0 Å². The zero-order valence-corrected chi connectivity index (χ0v) is 14.0. The van der Waals surface area contributed by atoms with Gasteiger partial charge in [-0.15, -0.1) is 0 Å². The van der Waals surface area contributed by atoms with Crippen molar-refractivity contribution in [2.24, 2.45) is 5.92 Å². The van der Waals surface area contributed by atoms with E-state index in [1.165, 1.54) is 24.8 Å². The van der Waals surface area contributed by atoms with Gasteiger partial charge in [-0.3, -0.25) is 0 Å². The van der Waals surface area contributed by atoms with Crippen molar-refractivity contribution >= 4 is 0 Å². The maximum Gasteiger partial charge on any atom is 0.161 e. The van der Waals surface area contributed by atoms with Gasteiger partial charge in [-0.2, -0.15) is 0 Å². The number of hydrogen-bond acceptors (Lipinski definition) is 3. The smallest absolute Gasteiger partial charge is 0.161 e. The molecule has 21 heavy (non-hydrogen) atoms. The summed E-state index contributed by atoms with van der Waals surface area (Å²) in [7, 11) is 3.39. The summed E-state index contributed by atoms with van der Waals surface area (Å²) in [6.45, 7) is 7.74. The van der Waals surface area contributed by atoms with Crippen LogP contribution in [-0.4, -0.2) is 26.8 Å². The molecular weight excluding hydrogens is 262 g/mol. The molecule has 1 fully saturated rings. The van der Waals surface area contributed by atoms with Crippen LogP contribution in [0.2, 0.25) is 0 Å². The Morgan fingerprint density at radius 3 is 2.38 bits per heavy atom. The average molecular weight is 291 g/mol. The summed E-state index contributed by atoms with van der Waals surface area (Å²) in [5.74, 6) is 2.49. The molecule has 1 saturated carbocycles. The Morgan fingerprint density at radius 2 is 1.86 bits per heavy atom. The maximum atomic E-state index is 5.47. The van der Waals surface area contributed by atoms with Crippen molar-refractivity contribution in [2.75, 3.05) is 20.8 Å². The van der Waals surface area contributed by atoms with Crippen LogP contribution in [0.1, 0.15) is 45.6 Å². The highest BCUT2D eigenvalue weighted by atomic mass is 16.5. The van der Waals surface area contributed by atoms with Gasteiger partial charge in [-0.1, -0.05) is 33.3 Å². The van der Waals surface area contributed by atoms with Gasteiger partial charge in [0.25, 0.3) is 0 Å². The van der Waals surface area contributed by atoms with E-state index in [9.17, 15) is 0 Å². The summed E-state index contributed by atoms with van der Waals surface area (Å²) in [5.41, 5.74) is 1.63. The molecule has 1 N–H and O–H groups in total. The number of rotatable bonds is 7. The Bertz CT molecular complexity index is 464. The third kappa shape index (κ3) is 3.34. The molecule has 0 atom stereocenters. The topological polar surface area (TPSA) is 30.5 Å². The highest BCUT2D eigenvalue weighted by Crippen LogP contribution is 2.50. The van der Waals surface area contributed by atoms with Crippen molar-refractivity contribution in [3.8, 4) is 11.5 Å². The molecule has 0 unspecified atom stereocenters. The van der Waals surface area contributed by atoms with Gasteiger partial charge in [0.05, 0.1) is 14.2 Å². The lowest BCUT2D eigenvalue weighted by atomic mass is 9.57. The molecule has 1 aliphatic rings. The average Bonchev–Trinajstić information content (AvgIpc) is 2.45. The zero-order chi connectivity index (χ0) is 15.5. The molecule has 0 heterocycles. The van der Waals surface area contributed by atoms with Gasteiger partial charge < -0.3 is 14.8 Å². The lowest BCUT2D eigenvalue weighted by Crippen LogP contribution is -2.49. The summed E-state index contributed by atoms with van der Waals surface area (Å²) in [6.07, 6.45) is 3.80. The van der Waals surface area contributed by atoms with Gasteiger partial charge in [-0.05, 0) is 36.5 Å². The van der Waals surface area contributed by atoms with E-state index in [1.807, 2.05) is 6.07 Å². The van der Waals surface area contributed by atoms with Crippen LogP contribution in [0.3, 0.4) is 0 Å². The normalized spacial score (nSPS) is 24.8. The number of ether oxygens (including phenoxy) is 2. The van der Waals surface area contributed by atoms with Crippen LogP contribution in [0.5, 0.6) is 11.5 Å². The summed E-state index contributed by atoms with van der Waals surface area (Å²) in [6, 6.07) is 6.91. The third-order valence-electron chi connectivity index (χ3n) is 4.78. The van der Waals surface area contributed by atoms with Crippen LogP contribution in [0, 0.1) is 5.92 Å². The lowest BCUT2D eigenvalue weighted by molar-refractivity contribution is 0.131. The molecule has 118 valence electrons. The second-order valence-corrected chi connectivity index (χ2v) is 6.57. The molecule has 3 nitrogen and oxygen atoms in total. The second kappa shape index (κ2) is 6.69. The molecule has 0 spiro atoms. The number of nitrogens with one attached hydrogen (secondary N) is 1. The zero-order valence-electron chi connectivity index (χ0n) is 14.0. The number of benzene rings is 1. The van der Waals surface area contributed by atoms with E-state index in [-0.39, 0.29) is 5.41 Å². The molecule has 1 aliphatic carbocycles. The van der Waals surface area contributed by atoms with E-state index in [4.69, 9.17) is 9.47 Å². The Kier molecular flexibility index (Phi) is 5.15. The molecule has 0 saturated heterocycles. The Labute approximate surface area is 129 Å². The first-order valence-corrected chi connectivity index (χ1v) is 8.00. The SMILES string of the molecule is CCC1CC(CNC(C)C)(c2ccc(OC)c(OC)c2)C1. The van der Waals surface area contributed by atoms with Crippen molar-refractivity contribution in [3.63, 3.8) is 0 Å². The van der Waals surface area contributed by atoms with E-state index < -0.39 is 0 Å². The van der Waals surface area contributed by atoms with E-state index >= 15 is 0 Å². The van der Waals surface area contributed by atoms with Crippen LogP contribution in [-0.2, 0) is 5.41 Å². The first kappa shape index (κ1) is 16.2. The minimum absolute atomic E-state index is 0.254. The van der Waals surface area contributed by atoms with Gasteiger partial charge >= 0.3 is 0 Å². The van der Waals surface area contributed by atoms with Crippen LogP contribution in [0.15, 0.2) is 18.2 Å². The van der Waals surface area contributed by atoms with Gasteiger partial charge in [0, 0.05) is 18.0 Å². The van der Waals surface area contributed by atoms with Gasteiger partial charge in [0.1, 0.15) is 0 Å². The van der Waals surface area contributed by atoms with Crippen LogP contribution in [0.25, 0.3) is 0 Å². The highest BCUT2D eigenvalue weighted by molar-refractivity contribution is 5.46. The molecule has 0 amide bonds. The van der Waals surface area contributed by atoms with Gasteiger partial charge in [-0.25, -0.2) is 0 Å². The van der Waals surface area contributed by atoms with Crippen LogP contribution < -0.4 is 14.8 Å². The fourth-order valence-electron chi connectivity index (χ4n) is 3.38. The fourth-order valence-corrected chi connectivity index (χ4v) is 3.38. The molecule has 0 radical (unpaired) electrons. The standard InChI is InChI=1S/C18H29NO2/c1-6-14-10-18(11-14,12-19-13(2)3)15-7-8-16(20-4)17(9-15)21-5/h7-9,13-14,19H,6,10-12H2,1-5H3. The first-order chi connectivity index (χ1) is 10.0. The molecule has 1 aromatic carbocycles. The van der Waals surface area contributed by atoms with E-state index in [0.29, 0.717) is 6.04 Å². The summed E-state index contributed by atoms with van der Waals surface area (Å²) >= 11 is 0. The van der Waals surface area contributed by atoms with Crippen molar-refractivity contribution < 1.29 is 9.47 Å². The minimum Gasteiger partial charge on any atom is -0.493 e. The first-order valence-electron chi connectivity index (χ1n) is 8.00. The monoisotopic (exact) mass is 291 g/mol. The van der Waals surface area contributed by atoms with Crippen molar-refractivity contribution in [3.05, 3.63) is 23.8 Å². The quantitative estimate of drug-likeness (QED) is 0.829. The Hall–Kier alpha value is -1.22. The maximum absolute atomic E-state index is 5.47. The van der Waals surface area contributed by atoms with E-state index in [0.717, 1.165) is 24.0 Å². The second-order valence-electron chi connectivity index (χ2n) is 6.57. The Morgan fingerprint density at radius 1 is 1.19 bits per heavy atom. The van der Waals surface area contributed by atoms with Crippen molar-refractivity contribution in [1.82, 2.24) is 5.32 Å². The number of hydrogen-bond donors (Lipinski definition) is 1. The highest BCUT2D eigenvalue weighted by Gasteiger charge is 2.44. The fraction of sp³-hybridized carbons (Fsp3) is 0.667. The molecular formula is C18H29NO2. The molecule has 1 aromatic rings. The minimum atomic E-state index is 0.254. The number of methoxy groups -OCH3 is 2. The van der Waals surface area contributed by atoms with Crippen molar-refractivity contribution in [2.45, 2.75) is 51.5 Å². The van der Waals surface area contributed by atoms with Crippen molar-refractivity contribution in [1.29, 1.82) is 0 Å². The van der Waals surface area contributed by atoms with Gasteiger partial charge in [0.15, 0.2) is 11.5 Å². The molecule has 0 aromatic heterocycles. The van der Waals surface area contributed by atoms with Crippen LogP contribution >= 0.6 is 0 Å². The molecule has 3 heteroatoms. The summed E-state index contributed by atoms with van der Waals surface area (Å²) in [4.78, 5) is 0. The molecule has 2 rings (SSSR count). The molecule has 0 bridgehead atoms. The van der Waals surface area contributed by atoms with Crippen LogP contribution in [0.4, 0.5) is 0 Å². The predicted octanol–water partition coefficient (Wildman–Crippen LogP) is 3.76. The predicted molar refractivity (Wildman–Crippen MR) is 87.4 cm³/mol. The third-order valence-corrected chi connectivity index (χ3v) is 4.78. The van der Waals surface area contributed by atoms with E-state index in [1.54, 1.807) is 14.2 Å². The van der Waals surface area contributed by atoms with E-state index in [2.05, 4.69) is 38.2 Å². The summed E-state index contributed by atoms with van der Waals surface area (Å²) in [5, 5.41) is 3.63. The lowest BCUT2D eigenvalue weighted by Gasteiger charge is -2.49.